The van der Waals surface area contributed by atoms with Crippen molar-refractivity contribution >= 4 is 50.7 Å². The van der Waals surface area contributed by atoms with Crippen LogP contribution in [-0.2, 0) is 26.2 Å². The zero-order valence-corrected chi connectivity index (χ0v) is 23.9. The summed E-state index contributed by atoms with van der Waals surface area (Å²) in [4.78, 5) is 28.7. The van der Waals surface area contributed by atoms with Gasteiger partial charge in [-0.1, -0.05) is 79.2 Å². The van der Waals surface area contributed by atoms with Crippen molar-refractivity contribution in [1.82, 2.24) is 10.2 Å². The van der Waals surface area contributed by atoms with Gasteiger partial charge in [0, 0.05) is 22.6 Å². The largest absolute Gasteiger partial charge is 0.352 e. The van der Waals surface area contributed by atoms with Crippen molar-refractivity contribution in [2.45, 2.75) is 71.0 Å². The van der Waals surface area contributed by atoms with Crippen molar-refractivity contribution in [2.75, 3.05) is 17.1 Å². The van der Waals surface area contributed by atoms with Crippen molar-refractivity contribution in [3.05, 3.63) is 63.6 Å². The first-order chi connectivity index (χ1) is 17.5. The van der Waals surface area contributed by atoms with E-state index in [4.69, 9.17) is 23.2 Å². The summed E-state index contributed by atoms with van der Waals surface area (Å²) >= 11 is 12.2. The Morgan fingerprint density at radius 2 is 1.70 bits per heavy atom. The van der Waals surface area contributed by atoms with E-state index in [1.165, 1.54) is 23.1 Å². The molecule has 7 nitrogen and oxygen atoms in total. The van der Waals surface area contributed by atoms with Gasteiger partial charge in [0.25, 0.3) is 0 Å². The maximum absolute atomic E-state index is 13.8. The molecule has 2 amide bonds. The predicted molar refractivity (Wildman–Crippen MR) is 149 cm³/mol. The van der Waals surface area contributed by atoms with Crippen LogP contribution in [-0.4, -0.2) is 50.0 Å². The second kappa shape index (κ2) is 13.0. The van der Waals surface area contributed by atoms with Crippen LogP contribution in [0.3, 0.4) is 0 Å². The standard InChI is InChI=1S/C27H35Cl2N3O4S/c1-4-25(27(34)30-23-11-6-5-7-12-23)31(17-20-10-8-9-19(2)13-20)26(33)18-32(37(3,35)36)24-15-21(28)14-22(29)16-24/h8-10,13-16,23,25H,4-7,11-12,17-18H2,1-3H3,(H,30,34)/t25-/m0/s1. The third-order valence-electron chi connectivity index (χ3n) is 6.59. The van der Waals surface area contributed by atoms with Gasteiger partial charge >= 0.3 is 0 Å². The molecule has 3 rings (SSSR count). The van der Waals surface area contributed by atoms with E-state index in [9.17, 15) is 18.0 Å². The van der Waals surface area contributed by atoms with Crippen LogP contribution in [0.4, 0.5) is 5.69 Å². The Labute approximate surface area is 230 Å². The third kappa shape index (κ3) is 8.35. The van der Waals surface area contributed by atoms with Gasteiger partial charge in [-0.15, -0.1) is 0 Å². The summed E-state index contributed by atoms with van der Waals surface area (Å²) in [6.45, 7) is 3.49. The van der Waals surface area contributed by atoms with Crippen molar-refractivity contribution in [2.24, 2.45) is 0 Å². The van der Waals surface area contributed by atoms with E-state index in [2.05, 4.69) is 5.32 Å². The van der Waals surface area contributed by atoms with Crippen molar-refractivity contribution in [3.8, 4) is 0 Å². The molecular formula is C27H35Cl2N3O4S. The summed E-state index contributed by atoms with van der Waals surface area (Å²) < 4.78 is 26.5. The molecule has 37 heavy (non-hydrogen) atoms. The maximum Gasteiger partial charge on any atom is 0.244 e. The first-order valence-corrected chi connectivity index (χ1v) is 15.2. The third-order valence-corrected chi connectivity index (χ3v) is 8.16. The maximum atomic E-state index is 13.8. The lowest BCUT2D eigenvalue weighted by Crippen LogP contribution is -2.53. The van der Waals surface area contributed by atoms with E-state index < -0.39 is 28.5 Å². The monoisotopic (exact) mass is 567 g/mol. The lowest BCUT2D eigenvalue weighted by Gasteiger charge is -2.34. The average Bonchev–Trinajstić information content (AvgIpc) is 2.81. The molecule has 10 heteroatoms. The molecule has 1 aliphatic carbocycles. The molecule has 0 saturated heterocycles. The Morgan fingerprint density at radius 1 is 1.05 bits per heavy atom. The molecular weight excluding hydrogens is 533 g/mol. The van der Waals surface area contributed by atoms with Gasteiger partial charge in [-0.2, -0.15) is 0 Å². The van der Waals surface area contributed by atoms with Gasteiger partial charge in [-0.05, 0) is 49.9 Å². The number of anilines is 1. The van der Waals surface area contributed by atoms with E-state index in [0.717, 1.165) is 53.8 Å². The normalized spacial score (nSPS) is 15.2. The topological polar surface area (TPSA) is 86.8 Å². The van der Waals surface area contributed by atoms with E-state index in [1.807, 2.05) is 38.1 Å². The van der Waals surface area contributed by atoms with Crippen LogP contribution in [0.25, 0.3) is 0 Å². The summed E-state index contributed by atoms with van der Waals surface area (Å²) in [6, 6.07) is 11.4. The van der Waals surface area contributed by atoms with Crippen LogP contribution in [0.1, 0.15) is 56.6 Å². The number of sulfonamides is 1. The molecule has 0 radical (unpaired) electrons. The van der Waals surface area contributed by atoms with Gasteiger partial charge in [0.1, 0.15) is 12.6 Å². The minimum Gasteiger partial charge on any atom is -0.352 e. The van der Waals surface area contributed by atoms with Gasteiger partial charge in [-0.25, -0.2) is 8.42 Å². The Kier molecular flexibility index (Phi) is 10.3. The SMILES string of the molecule is CC[C@@H](C(=O)NC1CCCCC1)N(Cc1cccc(C)c1)C(=O)CN(c1cc(Cl)cc(Cl)c1)S(C)(=O)=O. The first kappa shape index (κ1) is 29.3. The van der Waals surface area contributed by atoms with Crippen LogP contribution in [0, 0.1) is 6.92 Å². The molecule has 1 fully saturated rings. The zero-order chi connectivity index (χ0) is 27.2. The summed E-state index contributed by atoms with van der Waals surface area (Å²) in [7, 11) is -3.87. The van der Waals surface area contributed by atoms with Crippen LogP contribution >= 0.6 is 23.2 Å². The lowest BCUT2D eigenvalue weighted by molar-refractivity contribution is -0.140. The Morgan fingerprint density at radius 3 is 2.27 bits per heavy atom. The van der Waals surface area contributed by atoms with Crippen LogP contribution in [0.15, 0.2) is 42.5 Å². The molecule has 0 unspecified atom stereocenters. The molecule has 0 bridgehead atoms. The predicted octanol–water partition coefficient (Wildman–Crippen LogP) is 5.32. The molecule has 0 spiro atoms. The number of rotatable bonds is 10. The number of carbonyl (C=O) groups is 2. The minimum absolute atomic E-state index is 0.0901. The summed E-state index contributed by atoms with van der Waals surface area (Å²) in [5.74, 6) is -0.708. The highest BCUT2D eigenvalue weighted by Gasteiger charge is 2.33. The highest BCUT2D eigenvalue weighted by molar-refractivity contribution is 7.92. The molecule has 2 aromatic carbocycles. The molecule has 0 aromatic heterocycles. The molecule has 1 saturated carbocycles. The highest BCUT2D eigenvalue weighted by Crippen LogP contribution is 2.27. The van der Waals surface area contributed by atoms with Gasteiger partial charge in [0.2, 0.25) is 21.8 Å². The van der Waals surface area contributed by atoms with E-state index >= 15 is 0 Å². The molecule has 0 aliphatic heterocycles. The van der Waals surface area contributed by atoms with E-state index in [1.54, 1.807) is 0 Å². The highest BCUT2D eigenvalue weighted by atomic mass is 35.5. The summed E-state index contributed by atoms with van der Waals surface area (Å²) in [5, 5.41) is 3.63. The van der Waals surface area contributed by atoms with E-state index in [-0.39, 0.29) is 34.2 Å². The molecule has 2 aromatic rings. The number of halogens is 2. The number of carbonyl (C=O) groups excluding carboxylic acids is 2. The molecule has 202 valence electrons. The van der Waals surface area contributed by atoms with Crippen molar-refractivity contribution < 1.29 is 18.0 Å². The summed E-state index contributed by atoms with van der Waals surface area (Å²) in [6.07, 6.45) is 6.55. The first-order valence-electron chi connectivity index (χ1n) is 12.6. The molecule has 0 heterocycles. The van der Waals surface area contributed by atoms with Crippen LogP contribution in [0.2, 0.25) is 10.0 Å². The number of aryl methyl sites for hydroxylation is 1. The Balaban J connectivity index is 1.93. The van der Waals surface area contributed by atoms with Crippen molar-refractivity contribution in [1.29, 1.82) is 0 Å². The number of hydrogen-bond acceptors (Lipinski definition) is 4. The Hall–Kier alpha value is -2.29. The average molecular weight is 569 g/mol. The second-order valence-electron chi connectivity index (χ2n) is 9.68. The van der Waals surface area contributed by atoms with Crippen molar-refractivity contribution in [3.63, 3.8) is 0 Å². The Bertz CT molecular complexity index is 1200. The van der Waals surface area contributed by atoms with Crippen LogP contribution in [0.5, 0.6) is 0 Å². The fourth-order valence-electron chi connectivity index (χ4n) is 4.77. The minimum atomic E-state index is -3.87. The molecule has 1 N–H and O–H groups in total. The number of nitrogens with one attached hydrogen (secondary N) is 1. The van der Waals surface area contributed by atoms with Gasteiger partial charge < -0.3 is 10.2 Å². The number of hydrogen-bond donors (Lipinski definition) is 1. The van der Waals surface area contributed by atoms with Crippen LogP contribution < -0.4 is 9.62 Å². The zero-order valence-electron chi connectivity index (χ0n) is 21.5. The van der Waals surface area contributed by atoms with E-state index in [0.29, 0.717) is 6.42 Å². The molecule has 1 atom stereocenters. The number of nitrogens with zero attached hydrogens (tertiary/aromatic N) is 2. The smallest absolute Gasteiger partial charge is 0.244 e. The van der Waals surface area contributed by atoms with Gasteiger partial charge in [0.05, 0.1) is 11.9 Å². The lowest BCUT2D eigenvalue weighted by atomic mass is 9.95. The second-order valence-corrected chi connectivity index (χ2v) is 12.5. The fraction of sp³-hybridized carbons (Fsp3) is 0.481. The van der Waals surface area contributed by atoms with Gasteiger partial charge in [-0.3, -0.25) is 13.9 Å². The number of benzene rings is 2. The quantitative estimate of drug-likeness (QED) is 0.420. The number of amides is 2. The summed E-state index contributed by atoms with van der Waals surface area (Å²) in [5.41, 5.74) is 2.06. The van der Waals surface area contributed by atoms with Gasteiger partial charge in [0.15, 0.2) is 0 Å². The molecule has 1 aliphatic rings. The fourth-order valence-corrected chi connectivity index (χ4v) is 6.12.